The Kier molecular flexibility index (Phi) is 4.28. The third-order valence-electron chi connectivity index (χ3n) is 2.59. The van der Waals surface area contributed by atoms with Crippen molar-refractivity contribution >= 4 is 44.7 Å². The summed E-state index contributed by atoms with van der Waals surface area (Å²) in [5.74, 6) is -0.574. The normalized spacial score (nSPS) is 10.6. The van der Waals surface area contributed by atoms with Crippen molar-refractivity contribution in [3.8, 4) is 5.75 Å². The first-order chi connectivity index (χ1) is 8.95. The van der Waals surface area contributed by atoms with Gasteiger partial charge in [0.15, 0.2) is 0 Å². The van der Waals surface area contributed by atoms with E-state index in [1.807, 2.05) is 6.92 Å². The van der Waals surface area contributed by atoms with Crippen LogP contribution in [0.5, 0.6) is 5.75 Å². The van der Waals surface area contributed by atoms with Crippen LogP contribution in [-0.2, 0) is 0 Å². The summed E-state index contributed by atoms with van der Waals surface area (Å²) >= 11 is 10.4. The average molecular weight is 364 g/mol. The first kappa shape index (κ1) is 14.5. The van der Waals surface area contributed by atoms with Crippen molar-refractivity contribution in [2.75, 3.05) is 7.11 Å². The van der Waals surface area contributed by atoms with Gasteiger partial charge in [-0.15, -0.1) is 11.3 Å². The summed E-state index contributed by atoms with van der Waals surface area (Å²) in [5, 5.41) is 2.23. The summed E-state index contributed by atoms with van der Waals surface area (Å²) in [6.07, 6.45) is 0. The Bertz CT molecular complexity index is 654. The summed E-state index contributed by atoms with van der Waals surface area (Å²) in [4.78, 5) is 12.9. The second-order valence-electron chi connectivity index (χ2n) is 3.86. The fourth-order valence-electron chi connectivity index (χ4n) is 1.58. The third-order valence-corrected chi connectivity index (χ3v) is 4.90. The third kappa shape index (κ3) is 2.68. The number of aryl methyl sites for hydroxylation is 1. The average Bonchev–Trinajstić information content (AvgIpc) is 2.72. The minimum atomic E-state index is -0.484. The number of ketones is 1. The van der Waals surface area contributed by atoms with Gasteiger partial charge in [0.25, 0.3) is 0 Å². The quantitative estimate of drug-likeness (QED) is 0.729. The van der Waals surface area contributed by atoms with Crippen molar-refractivity contribution < 1.29 is 13.9 Å². The molecular weight excluding hydrogens is 355 g/mol. The Morgan fingerprint density at radius 3 is 2.68 bits per heavy atom. The fraction of sp³-hybridized carbons (Fsp3) is 0.154. The molecule has 100 valence electrons. The molecule has 0 aliphatic rings. The lowest BCUT2D eigenvalue weighted by molar-refractivity contribution is 0.103. The number of rotatable bonds is 3. The number of benzene rings is 1. The van der Waals surface area contributed by atoms with E-state index in [1.54, 1.807) is 5.38 Å². The molecule has 19 heavy (non-hydrogen) atoms. The monoisotopic (exact) mass is 362 g/mol. The summed E-state index contributed by atoms with van der Waals surface area (Å²) < 4.78 is 18.7. The number of carbonyl (C=O) groups is 1. The van der Waals surface area contributed by atoms with Crippen LogP contribution in [0.3, 0.4) is 0 Å². The van der Waals surface area contributed by atoms with Crippen molar-refractivity contribution in [1.29, 1.82) is 0 Å². The zero-order valence-electron chi connectivity index (χ0n) is 10.1. The Hall–Kier alpha value is -0.910. The van der Waals surface area contributed by atoms with Crippen molar-refractivity contribution in [3.63, 3.8) is 0 Å². The molecule has 0 fully saturated rings. The van der Waals surface area contributed by atoms with E-state index in [0.717, 1.165) is 5.56 Å². The lowest BCUT2D eigenvalue weighted by atomic mass is 10.1. The predicted molar refractivity (Wildman–Crippen MR) is 78.2 cm³/mol. The van der Waals surface area contributed by atoms with Gasteiger partial charge in [-0.3, -0.25) is 4.79 Å². The molecule has 0 saturated heterocycles. The molecule has 0 spiro atoms. The van der Waals surface area contributed by atoms with Gasteiger partial charge in [-0.25, -0.2) is 4.39 Å². The van der Waals surface area contributed by atoms with Gasteiger partial charge >= 0.3 is 0 Å². The van der Waals surface area contributed by atoms with Gasteiger partial charge in [0.1, 0.15) is 11.6 Å². The van der Waals surface area contributed by atoms with Gasteiger partial charge in [-0.05, 0) is 39.9 Å². The summed E-state index contributed by atoms with van der Waals surface area (Å²) in [5.41, 5.74) is 1.12. The molecule has 2 nitrogen and oxygen atoms in total. The van der Waals surface area contributed by atoms with Crippen LogP contribution in [0.25, 0.3) is 0 Å². The number of hydrogen-bond donors (Lipinski definition) is 0. The van der Waals surface area contributed by atoms with Crippen LogP contribution >= 0.6 is 38.9 Å². The zero-order valence-corrected chi connectivity index (χ0v) is 13.2. The fourth-order valence-corrected chi connectivity index (χ4v) is 3.16. The first-order valence-corrected chi connectivity index (χ1v) is 7.32. The molecule has 0 saturated carbocycles. The standard InChI is InChI=1S/C13H9BrClFO2S/c1-6-5-19-13(11(6)15)12(17)7-3-8(14)9(16)4-10(7)18-2/h3-5H,1-2H3. The maximum atomic E-state index is 13.4. The number of thiophene rings is 1. The molecule has 1 aromatic heterocycles. The zero-order chi connectivity index (χ0) is 14.2. The van der Waals surface area contributed by atoms with E-state index >= 15 is 0 Å². The van der Waals surface area contributed by atoms with E-state index in [2.05, 4.69) is 15.9 Å². The highest BCUT2D eigenvalue weighted by molar-refractivity contribution is 9.10. The van der Waals surface area contributed by atoms with Gasteiger partial charge in [0, 0.05) is 6.07 Å². The lowest BCUT2D eigenvalue weighted by Gasteiger charge is -2.08. The highest BCUT2D eigenvalue weighted by Crippen LogP contribution is 2.33. The van der Waals surface area contributed by atoms with Gasteiger partial charge in [-0.2, -0.15) is 0 Å². The lowest BCUT2D eigenvalue weighted by Crippen LogP contribution is -2.04. The van der Waals surface area contributed by atoms with Crippen molar-refractivity contribution in [2.24, 2.45) is 0 Å². The van der Waals surface area contributed by atoms with Crippen LogP contribution in [0, 0.1) is 12.7 Å². The molecule has 0 atom stereocenters. The van der Waals surface area contributed by atoms with Crippen LogP contribution in [0.1, 0.15) is 20.8 Å². The molecule has 1 heterocycles. The van der Waals surface area contributed by atoms with Crippen LogP contribution in [-0.4, -0.2) is 12.9 Å². The Morgan fingerprint density at radius 1 is 1.47 bits per heavy atom. The van der Waals surface area contributed by atoms with Crippen molar-refractivity contribution in [2.45, 2.75) is 6.92 Å². The van der Waals surface area contributed by atoms with E-state index in [1.165, 1.54) is 30.6 Å². The number of carbonyl (C=O) groups excluding carboxylic acids is 1. The van der Waals surface area contributed by atoms with Gasteiger partial charge in [-0.1, -0.05) is 11.6 Å². The molecule has 0 N–H and O–H groups in total. The Balaban J connectivity index is 2.55. The predicted octanol–water partition coefficient (Wildman–Crippen LogP) is 4.85. The van der Waals surface area contributed by atoms with E-state index < -0.39 is 5.82 Å². The molecule has 1 aromatic carbocycles. The topological polar surface area (TPSA) is 26.3 Å². The highest BCUT2D eigenvalue weighted by Gasteiger charge is 2.21. The second-order valence-corrected chi connectivity index (χ2v) is 5.97. The Morgan fingerprint density at radius 2 is 2.16 bits per heavy atom. The summed E-state index contributed by atoms with van der Waals surface area (Å²) in [6.45, 7) is 1.83. The number of ether oxygens (including phenoxy) is 1. The minimum absolute atomic E-state index is 0.188. The molecule has 0 unspecified atom stereocenters. The second kappa shape index (κ2) is 5.61. The summed E-state index contributed by atoms with van der Waals surface area (Å²) in [7, 11) is 1.39. The SMILES string of the molecule is COc1cc(F)c(Br)cc1C(=O)c1scc(C)c1Cl. The largest absolute Gasteiger partial charge is 0.496 e. The van der Waals surface area contributed by atoms with Crippen LogP contribution < -0.4 is 4.74 Å². The van der Waals surface area contributed by atoms with E-state index in [-0.39, 0.29) is 21.6 Å². The molecule has 0 radical (unpaired) electrons. The number of methoxy groups -OCH3 is 1. The smallest absolute Gasteiger partial charge is 0.208 e. The van der Waals surface area contributed by atoms with E-state index in [4.69, 9.17) is 16.3 Å². The van der Waals surface area contributed by atoms with Gasteiger partial charge in [0.05, 0.1) is 27.0 Å². The molecular formula is C13H9BrClFO2S. The number of hydrogen-bond acceptors (Lipinski definition) is 3. The molecule has 2 rings (SSSR count). The molecule has 0 aliphatic carbocycles. The number of halogens is 3. The molecule has 0 aliphatic heterocycles. The summed E-state index contributed by atoms with van der Waals surface area (Å²) in [6, 6.07) is 2.58. The van der Waals surface area contributed by atoms with Crippen molar-refractivity contribution in [1.82, 2.24) is 0 Å². The van der Waals surface area contributed by atoms with E-state index in [0.29, 0.717) is 9.90 Å². The molecule has 6 heteroatoms. The van der Waals surface area contributed by atoms with Gasteiger partial charge < -0.3 is 4.74 Å². The van der Waals surface area contributed by atoms with Crippen LogP contribution in [0.2, 0.25) is 5.02 Å². The molecule has 0 bridgehead atoms. The van der Waals surface area contributed by atoms with Crippen molar-refractivity contribution in [3.05, 3.63) is 48.8 Å². The highest BCUT2D eigenvalue weighted by atomic mass is 79.9. The molecule has 2 aromatic rings. The Labute approximate surface area is 127 Å². The molecule has 0 amide bonds. The van der Waals surface area contributed by atoms with E-state index in [9.17, 15) is 9.18 Å². The first-order valence-electron chi connectivity index (χ1n) is 5.27. The van der Waals surface area contributed by atoms with Crippen LogP contribution in [0.4, 0.5) is 4.39 Å². The minimum Gasteiger partial charge on any atom is -0.496 e. The van der Waals surface area contributed by atoms with Crippen LogP contribution in [0.15, 0.2) is 22.0 Å². The van der Waals surface area contributed by atoms with Gasteiger partial charge in [0.2, 0.25) is 5.78 Å². The maximum absolute atomic E-state index is 13.4. The maximum Gasteiger partial charge on any atom is 0.208 e.